The van der Waals surface area contributed by atoms with Crippen LogP contribution in [0.5, 0.6) is 0 Å². The standard InChI is InChI=1S/C36H63N2O13P/c1-3-5-7-9-11-13-15-17-19-21-31(40)47-25-28(50-32(41)22-20-18-16-14-12-10-8-6-4-2)26-48-52(45,46)49-27-29-33(42)34(43)35(51-29)38-24-23-30(39)37-36(38)44/h23-24,28-29,33-35,42-43H,3-22,25-27H2,1-2H3,(H,45,46)(H,37,39,44)/p-1/t28-,29+,33?,34?,35+/m0/s1. The molecule has 0 aliphatic carbocycles. The number of hydrogen-bond donors (Lipinski definition) is 3. The Morgan fingerprint density at radius 2 is 1.33 bits per heavy atom. The van der Waals surface area contributed by atoms with Crippen LogP contribution in [0.4, 0.5) is 0 Å². The van der Waals surface area contributed by atoms with Crippen LogP contribution in [-0.4, -0.2) is 75.9 Å². The Morgan fingerprint density at radius 3 is 1.87 bits per heavy atom. The summed E-state index contributed by atoms with van der Waals surface area (Å²) in [5, 5.41) is 20.8. The molecule has 0 radical (unpaired) electrons. The monoisotopic (exact) mass is 761 g/mol. The van der Waals surface area contributed by atoms with Crippen LogP contribution in [0.3, 0.4) is 0 Å². The van der Waals surface area contributed by atoms with Crippen molar-refractivity contribution in [2.45, 2.75) is 173 Å². The Hall–Kier alpha value is -2.39. The van der Waals surface area contributed by atoms with E-state index in [1.165, 1.54) is 57.8 Å². The van der Waals surface area contributed by atoms with Crippen LogP contribution in [0.1, 0.15) is 148 Å². The lowest BCUT2D eigenvalue weighted by atomic mass is 10.1. The van der Waals surface area contributed by atoms with Crippen molar-refractivity contribution < 1.29 is 52.5 Å². The van der Waals surface area contributed by atoms with Gasteiger partial charge in [-0.05, 0) is 12.8 Å². The molecule has 1 aliphatic heterocycles. The number of carbonyl (C=O) groups is 2. The van der Waals surface area contributed by atoms with Crippen LogP contribution >= 0.6 is 7.82 Å². The number of ether oxygens (including phenoxy) is 3. The average Bonchev–Trinajstić information content (AvgIpc) is 3.39. The molecule has 1 saturated heterocycles. The Labute approximate surface area is 307 Å². The third-order valence-corrected chi connectivity index (χ3v) is 9.91. The Balaban J connectivity index is 1.84. The Kier molecular flexibility index (Phi) is 23.2. The number of aliphatic hydroxyl groups excluding tert-OH is 2. The van der Waals surface area contributed by atoms with Gasteiger partial charge in [-0.1, -0.05) is 117 Å². The molecule has 3 unspecified atom stereocenters. The summed E-state index contributed by atoms with van der Waals surface area (Å²) in [7, 11) is -5.10. The van der Waals surface area contributed by atoms with Gasteiger partial charge in [0, 0.05) is 25.1 Å². The molecule has 0 bridgehead atoms. The van der Waals surface area contributed by atoms with E-state index >= 15 is 0 Å². The normalized spacial score (nSPS) is 20.4. The Morgan fingerprint density at radius 1 is 0.808 bits per heavy atom. The highest BCUT2D eigenvalue weighted by molar-refractivity contribution is 7.45. The number of H-pyrrole nitrogens is 1. The number of hydrogen-bond acceptors (Lipinski definition) is 13. The van der Waals surface area contributed by atoms with E-state index in [1.54, 1.807) is 0 Å². The van der Waals surface area contributed by atoms with Gasteiger partial charge in [-0.25, -0.2) is 4.79 Å². The molecule has 6 atom stereocenters. The molecule has 1 aromatic rings. The lowest BCUT2D eigenvalue weighted by Crippen LogP contribution is -2.37. The smallest absolute Gasteiger partial charge is 0.330 e. The number of carbonyl (C=O) groups excluding carboxylic acids is 2. The molecule has 0 spiro atoms. The predicted molar refractivity (Wildman–Crippen MR) is 191 cm³/mol. The fourth-order valence-corrected chi connectivity index (χ4v) is 6.63. The van der Waals surface area contributed by atoms with Crippen molar-refractivity contribution >= 4 is 19.8 Å². The van der Waals surface area contributed by atoms with Crippen molar-refractivity contribution in [3.8, 4) is 0 Å². The summed E-state index contributed by atoms with van der Waals surface area (Å²) in [5.41, 5.74) is -1.59. The highest BCUT2D eigenvalue weighted by Gasteiger charge is 2.44. The number of esters is 2. The predicted octanol–water partition coefficient (Wildman–Crippen LogP) is 4.95. The number of nitrogens with zero attached hydrogens (tertiary/aromatic N) is 1. The highest BCUT2D eigenvalue weighted by Crippen LogP contribution is 2.40. The van der Waals surface area contributed by atoms with Crippen LogP contribution in [0.15, 0.2) is 21.9 Å². The van der Waals surface area contributed by atoms with Gasteiger partial charge in [0.15, 0.2) is 12.3 Å². The number of aromatic amines is 1. The molecular weight excluding hydrogens is 699 g/mol. The summed E-state index contributed by atoms with van der Waals surface area (Å²) in [6.45, 7) is 2.47. The summed E-state index contributed by atoms with van der Waals surface area (Å²) in [6, 6.07) is 1.02. The van der Waals surface area contributed by atoms with E-state index in [0.29, 0.717) is 12.8 Å². The molecule has 15 nitrogen and oxygen atoms in total. The summed E-state index contributed by atoms with van der Waals surface area (Å²) < 4.78 is 39.6. The minimum Gasteiger partial charge on any atom is -0.756 e. The summed E-state index contributed by atoms with van der Waals surface area (Å²) in [5.74, 6) is -1.07. The van der Waals surface area contributed by atoms with Gasteiger partial charge in [0.1, 0.15) is 24.9 Å². The third-order valence-electron chi connectivity index (χ3n) is 8.98. The molecule has 1 aliphatic rings. The van der Waals surface area contributed by atoms with Crippen molar-refractivity contribution in [3.63, 3.8) is 0 Å². The minimum absolute atomic E-state index is 0.114. The first-order valence-electron chi connectivity index (χ1n) is 19.3. The van der Waals surface area contributed by atoms with Gasteiger partial charge in [-0.15, -0.1) is 0 Å². The van der Waals surface area contributed by atoms with Gasteiger partial charge >= 0.3 is 17.6 Å². The number of phosphoric ester groups is 1. The molecule has 300 valence electrons. The largest absolute Gasteiger partial charge is 0.756 e. The lowest BCUT2D eigenvalue weighted by molar-refractivity contribution is -0.231. The van der Waals surface area contributed by atoms with E-state index in [-0.39, 0.29) is 12.8 Å². The molecule has 2 rings (SSSR count). The van der Waals surface area contributed by atoms with Crippen molar-refractivity contribution in [3.05, 3.63) is 33.1 Å². The van der Waals surface area contributed by atoms with E-state index in [9.17, 15) is 38.8 Å². The molecule has 52 heavy (non-hydrogen) atoms. The van der Waals surface area contributed by atoms with E-state index in [0.717, 1.165) is 61.8 Å². The van der Waals surface area contributed by atoms with Crippen molar-refractivity contribution in [1.82, 2.24) is 9.55 Å². The molecule has 0 aromatic carbocycles. The van der Waals surface area contributed by atoms with Crippen LogP contribution < -0.4 is 16.1 Å². The van der Waals surface area contributed by atoms with Gasteiger partial charge in [0.25, 0.3) is 13.4 Å². The number of rotatable bonds is 30. The van der Waals surface area contributed by atoms with Gasteiger partial charge in [0.05, 0.1) is 13.2 Å². The molecule has 2 heterocycles. The van der Waals surface area contributed by atoms with Gasteiger partial charge in [-0.2, -0.15) is 0 Å². The molecule has 16 heteroatoms. The first-order valence-corrected chi connectivity index (χ1v) is 20.7. The van der Waals surface area contributed by atoms with Crippen LogP contribution in [0.25, 0.3) is 0 Å². The second-order valence-corrected chi connectivity index (χ2v) is 15.0. The molecule has 0 saturated carbocycles. The quantitative estimate of drug-likeness (QED) is 0.0538. The van der Waals surface area contributed by atoms with Gasteiger partial charge in [0.2, 0.25) is 0 Å². The minimum atomic E-state index is -5.10. The number of unbranched alkanes of at least 4 members (excludes halogenated alkanes) is 16. The second-order valence-electron chi connectivity index (χ2n) is 13.6. The van der Waals surface area contributed by atoms with Crippen LogP contribution in [-0.2, 0) is 37.4 Å². The van der Waals surface area contributed by atoms with Crippen LogP contribution in [0.2, 0.25) is 0 Å². The molecule has 1 aromatic heterocycles. The maximum atomic E-state index is 12.6. The van der Waals surface area contributed by atoms with E-state index < -0.39 is 81.5 Å². The Bertz CT molecular complexity index is 1310. The summed E-state index contributed by atoms with van der Waals surface area (Å²) in [6.07, 6.45) is 13.4. The molecular formula is C36H62N2O13P-. The van der Waals surface area contributed by atoms with E-state index in [1.807, 2.05) is 4.98 Å². The number of aliphatic hydroxyl groups is 2. The second kappa shape index (κ2) is 26.4. The van der Waals surface area contributed by atoms with Crippen molar-refractivity contribution in [2.75, 3.05) is 19.8 Å². The zero-order valence-corrected chi connectivity index (χ0v) is 32.0. The SMILES string of the molecule is CCCCCCCCCCCC(=O)OC[C@@H](COP(=O)([O-])OC[C@H]1O[C@@H](n2ccc(=O)[nH]c2=O)C(O)C1O)OC(=O)CCCCCCCCCCC. The number of nitrogens with one attached hydrogen (secondary N) is 1. The highest BCUT2D eigenvalue weighted by atomic mass is 31.2. The maximum Gasteiger partial charge on any atom is 0.330 e. The fraction of sp³-hybridized carbons (Fsp3) is 0.833. The molecule has 3 N–H and O–H groups in total. The van der Waals surface area contributed by atoms with Crippen molar-refractivity contribution in [1.29, 1.82) is 0 Å². The van der Waals surface area contributed by atoms with Gasteiger partial charge < -0.3 is 38.4 Å². The van der Waals surface area contributed by atoms with E-state index in [2.05, 4.69) is 13.8 Å². The zero-order chi connectivity index (χ0) is 38.2. The number of aromatic nitrogens is 2. The first-order chi connectivity index (χ1) is 25.0. The van der Waals surface area contributed by atoms with E-state index in [4.69, 9.17) is 23.3 Å². The lowest BCUT2D eigenvalue weighted by Gasteiger charge is -2.27. The number of phosphoric acid groups is 1. The van der Waals surface area contributed by atoms with Crippen LogP contribution in [0, 0.1) is 0 Å². The third kappa shape index (κ3) is 19.1. The summed E-state index contributed by atoms with van der Waals surface area (Å²) in [4.78, 5) is 63.2. The van der Waals surface area contributed by atoms with Crippen molar-refractivity contribution in [2.24, 2.45) is 0 Å². The summed E-state index contributed by atoms with van der Waals surface area (Å²) >= 11 is 0. The topological polar surface area (TPSA) is 216 Å². The molecule has 0 amide bonds. The van der Waals surface area contributed by atoms with Gasteiger partial charge in [-0.3, -0.25) is 28.5 Å². The average molecular weight is 762 g/mol. The zero-order valence-electron chi connectivity index (χ0n) is 31.1. The maximum absolute atomic E-state index is 12.6. The molecule has 1 fully saturated rings. The first kappa shape index (κ1) is 45.8. The fourth-order valence-electron chi connectivity index (χ4n) is 5.88.